The number of likely N-dealkylation sites (tertiary alicyclic amines) is 1. The van der Waals surface area contributed by atoms with Crippen LogP contribution in [0.4, 0.5) is 4.39 Å². The second-order valence-corrected chi connectivity index (χ2v) is 6.39. The summed E-state index contributed by atoms with van der Waals surface area (Å²) >= 11 is 3.15. The molecule has 1 N–H and O–H groups in total. The fourth-order valence-electron chi connectivity index (χ4n) is 3.30. The summed E-state index contributed by atoms with van der Waals surface area (Å²) in [7, 11) is 0. The Bertz CT molecular complexity index is 517. The number of carbonyl (C=O) groups excluding carboxylic acids is 1. The molecule has 2 aliphatic heterocycles. The van der Waals surface area contributed by atoms with Gasteiger partial charge in [-0.05, 0) is 66.4 Å². The van der Waals surface area contributed by atoms with Crippen molar-refractivity contribution in [1.82, 2.24) is 10.2 Å². The van der Waals surface area contributed by atoms with Crippen LogP contribution in [0.25, 0.3) is 0 Å². The van der Waals surface area contributed by atoms with Crippen LogP contribution in [0.1, 0.15) is 36.0 Å². The van der Waals surface area contributed by atoms with Crippen molar-refractivity contribution >= 4 is 21.8 Å². The van der Waals surface area contributed by atoms with Gasteiger partial charge in [0.25, 0.3) is 5.91 Å². The lowest BCUT2D eigenvalue weighted by molar-refractivity contribution is 0.0711. The summed E-state index contributed by atoms with van der Waals surface area (Å²) in [5, 5.41) is 3.49. The molecule has 0 spiro atoms. The fraction of sp³-hybridized carbons (Fsp3) is 0.533. The molecule has 5 heteroatoms. The highest BCUT2D eigenvalue weighted by Gasteiger charge is 2.36. The minimum Gasteiger partial charge on any atom is -0.334 e. The second-order valence-electron chi connectivity index (χ2n) is 5.54. The smallest absolute Gasteiger partial charge is 0.254 e. The van der Waals surface area contributed by atoms with Crippen molar-refractivity contribution in [2.75, 3.05) is 13.1 Å². The summed E-state index contributed by atoms with van der Waals surface area (Å²) in [6.45, 7) is 1.85. The van der Waals surface area contributed by atoms with Crippen LogP contribution >= 0.6 is 15.9 Å². The maximum absolute atomic E-state index is 13.3. The van der Waals surface area contributed by atoms with Crippen molar-refractivity contribution in [1.29, 1.82) is 0 Å². The van der Waals surface area contributed by atoms with Crippen LogP contribution < -0.4 is 5.32 Å². The van der Waals surface area contributed by atoms with Gasteiger partial charge in [0, 0.05) is 24.2 Å². The van der Waals surface area contributed by atoms with E-state index in [1.807, 2.05) is 4.90 Å². The van der Waals surface area contributed by atoms with E-state index < -0.39 is 0 Å². The molecule has 0 aromatic heterocycles. The number of hydrogen-bond donors (Lipinski definition) is 1. The van der Waals surface area contributed by atoms with Crippen LogP contribution in [-0.2, 0) is 0 Å². The Kier molecular flexibility index (Phi) is 4.08. The van der Waals surface area contributed by atoms with Crippen molar-refractivity contribution in [3.63, 3.8) is 0 Å². The Labute approximate surface area is 126 Å². The van der Waals surface area contributed by atoms with Crippen LogP contribution in [0.15, 0.2) is 22.7 Å². The lowest BCUT2D eigenvalue weighted by Crippen LogP contribution is -2.46. The number of amides is 1. The largest absolute Gasteiger partial charge is 0.334 e. The van der Waals surface area contributed by atoms with Crippen LogP contribution in [0.2, 0.25) is 0 Å². The van der Waals surface area contributed by atoms with Gasteiger partial charge in [-0.25, -0.2) is 4.39 Å². The van der Waals surface area contributed by atoms with E-state index in [1.54, 1.807) is 12.1 Å². The number of benzene rings is 1. The highest BCUT2D eigenvalue weighted by atomic mass is 79.9. The minimum atomic E-state index is -0.336. The highest BCUT2D eigenvalue weighted by molar-refractivity contribution is 9.10. The Morgan fingerprint density at radius 1 is 1.35 bits per heavy atom. The second kappa shape index (κ2) is 5.82. The number of halogens is 2. The normalized spacial score (nSPS) is 26.2. The van der Waals surface area contributed by atoms with Gasteiger partial charge < -0.3 is 10.2 Å². The predicted octanol–water partition coefficient (Wildman–Crippen LogP) is 2.94. The van der Waals surface area contributed by atoms with Gasteiger partial charge in [0.05, 0.1) is 4.47 Å². The summed E-state index contributed by atoms with van der Waals surface area (Å²) in [5.74, 6) is -0.320. The average molecular weight is 341 g/mol. The lowest BCUT2D eigenvalue weighted by Gasteiger charge is -2.29. The Morgan fingerprint density at radius 3 is 2.90 bits per heavy atom. The van der Waals surface area contributed by atoms with E-state index in [2.05, 4.69) is 21.2 Å². The average Bonchev–Trinajstić information content (AvgIpc) is 3.10. The maximum Gasteiger partial charge on any atom is 0.254 e. The molecule has 2 aliphatic rings. The van der Waals surface area contributed by atoms with Gasteiger partial charge in [0.1, 0.15) is 5.82 Å². The van der Waals surface area contributed by atoms with E-state index in [1.165, 1.54) is 12.5 Å². The first-order valence-electron chi connectivity index (χ1n) is 7.16. The van der Waals surface area contributed by atoms with Gasteiger partial charge in [-0.15, -0.1) is 0 Å². The molecule has 20 heavy (non-hydrogen) atoms. The molecule has 108 valence electrons. The third-order valence-electron chi connectivity index (χ3n) is 4.29. The van der Waals surface area contributed by atoms with Gasteiger partial charge in [-0.2, -0.15) is 0 Å². The molecule has 2 fully saturated rings. The van der Waals surface area contributed by atoms with E-state index in [9.17, 15) is 9.18 Å². The molecule has 2 unspecified atom stereocenters. The molecule has 3 nitrogen and oxygen atoms in total. The van der Waals surface area contributed by atoms with Crippen molar-refractivity contribution < 1.29 is 9.18 Å². The molecule has 2 atom stereocenters. The van der Waals surface area contributed by atoms with Crippen LogP contribution in [0.3, 0.4) is 0 Å². The molecular weight excluding hydrogens is 323 g/mol. The maximum atomic E-state index is 13.3. The van der Waals surface area contributed by atoms with Crippen LogP contribution in [0.5, 0.6) is 0 Å². The van der Waals surface area contributed by atoms with E-state index in [4.69, 9.17) is 0 Å². The van der Waals surface area contributed by atoms with Gasteiger partial charge in [-0.3, -0.25) is 4.79 Å². The summed E-state index contributed by atoms with van der Waals surface area (Å²) in [6.07, 6.45) is 4.44. The van der Waals surface area contributed by atoms with Gasteiger partial charge in [-0.1, -0.05) is 0 Å². The van der Waals surface area contributed by atoms with Crippen LogP contribution in [0, 0.1) is 5.82 Å². The number of nitrogens with one attached hydrogen (secondary N) is 1. The number of carbonyl (C=O) groups is 1. The molecular formula is C15H18BrFN2O. The van der Waals surface area contributed by atoms with Crippen LogP contribution in [-0.4, -0.2) is 36.0 Å². The van der Waals surface area contributed by atoms with Gasteiger partial charge in [0.15, 0.2) is 0 Å². The molecule has 2 saturated heterocycles. The fourth-order valence-corrected chi connectivity index (χ4v) is 3.68. The van der Waals surface area contributed by atoms with E-state index in [0.29, 0.717) is 16.1 Å². The quantitative estimate of drug-likeness (QED) is 0.897. The van der Waals surface area contributed by atoms with Gasteiger partial charge in [0.2, 0.25) is 0 Å². The molecule has 1 aromatic rings. The Morgan fingerprint density at radius 2 is 2.20 bits per heavy atom. The highest BCUT2D eigenvalue weighted by Crippen LogP contribution is 2.27. The van der Waals surface area contributed by atoms with E-state index >= 15 is 0 Å². The lowest BCUT2D eigenvalue weighted by atomic mass is 10.0. The molecule has 1 amide bonds. The topological polar surface area (TPSA) is 32.3 Å². The van der Waals surface area contributed by atoms with E-state index in [0.717, 1.165) is 32.4 Å². The zero-order valence-electron chi connectivity index (χ0n) is 11.2. The molecule has 0 bridgehead atoms. The molecule has 1 aromatic carbocycles. The minimum absolute atomic E-state index is 0.0156. The summed E-state index contributed by atoms with van der Waals surface area (Å²) in [5.41, 5.74) is 0.558. The molecule has 2 heterocycles. The Hall–Kier alpha value is -0.940. The molecule has 0 radical (unpaired) electrons. The molecule has 0 aliphatic carbocycles. The summed E-state index contributed by atoms with van der Waals surface area (Å²) < 4.78 is 13.6. The first-order chi connectivity index (χ1) is 9.66. The van der Waals surface area contributed by atoms with Crippen molar-refractivity contribution in [3.8, 4) is 0 Å². The van der Waals surface area contributed by atoms with Crippen molar-refractivity contribution in [2.45, 2.75) is 37.8 Å². The number of hydrogen-bond acceptors (Lipinski definition) is 2. The van der Waals surface area contributed by atoms with E-state index in [-0.39, 0.29) is 17.8 Å². The SMILES string of the molecule is O=C(c1ccc(F)c(Br)c1)N1CCCC1C1CCCN1. The monoisotopic (exact) mass is 340 g/mol. The standard InChI is InChI=1S/C15H18BrFN2O/c16-11-9-10(5-6-12(11)17)15(20)19-8-2-4-14(19)13-3-1-7-18-13/h5-6,9,13-14,18H,1-4,7-8H2. The Balaban J connectivity index is 1.79. The molecule has 3 rings (SSSR count). The van der Waals surface area contributed by atoms with Crippen molar-refractivity contribution in [2.24, 2.45) is 0 Å². The predicted molar refractivity (Wildman–Crippen MR) is 79.2 cm³/mol. The van der Waals surface area contributed by atoms with Crippen molar-refractivity contribution in [3.05, 3.63) is 34.1 Å². The zero-order chi connectivity index (χ0) is 14.1. The number of rotatable bonds is 2. The first-order valence-corrected chi connectivity index (χ1v) is 7.95. The van der Waals surface area contributed by atoms with Gasteiger partial charge >= 0.3 is 0 Å². The third-order valence-corrected chi connectivity index (χ3v) is 4.90. The first kappa shape index (κ1) is 14.0. The summed E-state index contributed by atoms with van der Waals surface area (Å²) in [4.78, 5) is 14.6. The summed E-state index contributed by atoms with van der Waals surface area (Å²) in [6, 6.07) is 5.20. The third kappa shape index (κ3) is 2.61. The zero-order valence-corrected chi connectivity index (χ0v) is 12.8. The number of nitrogens with zero attached hydrogens (tertiary/aromatic N) is 1. The molecule has 0 saturated carbocycles.